The van der Waals surface area contributed by atoms with E-state index in [2.05, 4.69) is 20.1 Å². The molecule has 0 fully saturated rings. The highest BCUT2D eigenvalue weighted by Crippen LogP contribution is 2.22. The van der Waals surface area contributed by atoms with Crippen molar-refractivity contribution in [2.24, 2.45) is 0 Å². The normalized spacial score (nSPS) is 11.1. The van der Waals surface area contributed by atoms with E-state index < -0.39 is 0 Å². The van der Waals surface area contributed by atoms with Crippen LogP contribution in [0.1, 0.15) is 5.56 Å². The zero-order chi connectivity index (χ0) is 16.5. The van der Waals surface area contributed by atoms with Crippen LogP contribution < -0.4 is 4.90 Å². The predicted octanol–water partition coefficient (Wildman–Crippen LogP) is 2.92. The van der Waals surface area contributed by atoms with Gasteiger partial charge in [-0.3, -0.25) is 0 Å². The van der Waals surface area contributed by atoms with Crippen LogP contribution in [0.5, 0.6) is 0 Å². The molecule has 6 nitrogen and oxygen atoms in total. The molecule has 0 spiro atoms. The van der Waals surface area contributed by atoms with E-state index in [9.17, 15) is 4.39 Å². The minimum atomic E-state index is -0.259. The molecule has 3 heterocycles. The van der Waals surface area contributed by atoms with Crippen molar-refractivity contribution in [3.63, 3.8) is 0 Å². The molecule has 24 heavy (non-hydrogen) atoms. The summed E-state index contributed by atoms with van der Waals surface area (Å²) in [5.41, 5.74) is 2.67. The van der Waals surface area contributed by atoms with E-state index in [0.29, 0.717) is 6.54 Å². The molecule has 0 aliphatic rings. The lowest BCUT2D eigenvalue weighted by molar-refractivity contribution is 0.627. The Kier molecular flexibility index (Phi) is 3.45. The molecule has 0 aliphatic carbocycles. The minimum Gasteiger partial charge on any atom is -0.355 e. The molecule has 0 atom stereocenters. The first-order valence-corrected chi connectivity index (χ1v) is 7.49. The van der Waals surface area contributed by atoms with Crippen molar-refractivity contribution in [3.05, 3.63) is 66.6 Å². The van der Waals surface area contributed by atoms with Gasteiger partial charge in [0.1, 0.15) is 23.6 Å². The van der Waals surface area contributed by atoms with E-state index >= 15 is 0 Å². The average molecular weight is 322 g/mol. The molecule has 1 aromatic carbocycles. The number of rotatable bonds is 4. The van der Waals surface area contributed by atoms with Gasteiger partial charge in [-0.15, -0.1) is 0 Å². The van der Waals surface area contributed by atoms with Gasteiger partial charge in [0, 0.05) is 31.5 Å². The highest BCUT2D eigenvalue weighted by Gasteiger charge is 2.11. The Hall–Kier alpha value is -3.22. The van der Waals surface area contributed by atoms with Crippen molar-refractivity contribution in [2.45, 2.75) is 6.54 Å². The number of H-pyrrole nitrogens is 1. The van der Waals surface area contributed by atoms with Gasteiger partial charge in [0.15, 0.2) is 0 Å². The first-order valence-electron chi connectivity index (χ1n) is 7.49. The lowest BCUT2D eigenvalue weighted by Gasteiger charge is -2.17. The van der Waals surface area contributed by atoms with Crippen LogP contribution in [0, 0.1) is 5.82 Å². The number of hydrogen-bond donors (Lipinski definition) is 1. The van der Waals surface area contributed by atoms with Gasteiger partial charge in [-0.2, -0.15) is 5.10 Å². The Morgan fingerprint density at radius 3 is 2.83 bits per heavy atom. The largest absolute Gasteiger partial charge is 0.355 e. The Morgan fingerprint density at radius 1 is 1.17 bits per heavy atom. The number of halogens is 1. The standard InChI is InChI=1S/C17H15FN6/c1-23(17-15-6-7-19-16(15)20-11-21-17)9-12-8-22-24(10-12)14-4-2-13(18)3-5-14/h2-8,10-11H,9H2,1H3,(H,19,20,21). The van der Waals surface area contributed by atoms with Crippen molar-refractivity contribution in [2.75, 3.05) is 11.9 Å². The van der Waals surface area contributed by atoms with Gasteiger partial charge in [-0.25, -0.2) is 19.0 Å². The monoisotopic (exact) mass is 322 g/mol. The quantitative estimate of drug-likeness (QED) is 0.627. The molecular formula is C17H15FN6. The smallest absolute Gasteiger partial charge is 0.142 e. The number of aromatic amines is 1. The van der Waals surface area contributed by atoms with Gasteiger partial charge in [0.25, 0.3) is 0 Å². The third kappa shape index (κ3) is 2.60. The van der Waals surface area contributed by atoms with Crippen LogP contribution >= 0.6 is 0 Å². The van der Waals surface area contributed by atoms with Crippen molar-refractivity contribution < 1.29 is 4.39 Å². The molecule has 3 aromatic heterocycles. The molecule has 0 radical (unpaired) electrons. The summed E-state index contributed by atoms with van der Waals surface area (Å²) in [7, 11) is 1.98. The van der Waals surface area contributed by atoms with Crippen LogP contribution in [0.3, 0.4) is 0 Å². The number of nitrogens with one attached hydrogen (secondary N) is 1. The van der Waals surface area contributed by atoms with Crippen LogP contribution in [0.15, 0.2) is 55.2 Å². The lowest BCUT2D eigenvalue weighted by Crippen LogP contribution is -2.17. The van der Waals surface area contributed by atoms with Gasteiger partial charge in [-0.1, -0.05) is 0 Å². The molecule has 120 valence electrons. The Balaban J connectivity index is 1.57. The van der Waals surface area contributed by atoms with Gasteiger partial charge in [0.2, 0.25) is 0 Å². The second-order valence-corrected chi connectivity index (χ2v) is 5.56. The number of hydrogen-bond acceptors (Lipinski definition) is 4. The third-order valence-electron chi connectivity index (χ3n) is 3.84. The maximum absolute atomic E-state index is 13.0. The van der Waals surface area contributed by atoms with Crippen molar-refractivity contribution in [3.8, 4) is 5.69 Å². The third-order valence-corrected chi connectivity index (χ3v) is 3.84. The van der Waals surface area contributed by atoms with E-state index in [0.717, 1.165) is 28.1 Å². The Labute approximate surface area is 137 Å². The predicted molar refractivity (Wildman–Crippen MR) is 89.5 cm³/mol. The first kappa shape index (κ1) is 14.4. The Morgan fingerprint density at radius 2 is 2.00 bits per heavy atom. The number of benzene rings is 1. The average Bonchev–Trinajstić information content (AvgIpc) is 3.24. The number of nitrogens with zero attached hydrogens (tertiary/aromatic N) is 5. The summed E-state index contributed by atoms with van der Waals surface area (Å²) in [5.74, 6) is 0.598. The van der Waals surface area contributed by atoms with Crippen LogP contribution in [0.25, 0.3) is 16.7 Å². The van der Waals surface area contributed by atoms with Crippen LogP contribution in [0.4, 0.5) is 10.2 Å². The maximum atomic E-state index is 13.0. The summed E-state index contributed by atoms with van der Waals surface area (Å²) in [4.78, 5) is 13.7. The van der Waals surface area contributed by atoms with E-state index in [4.69, 9.17) is 0 Å². The fourth-order valence-corrected chi connectivity index (χ4v) is 2.69. The number of anilines is 1. The van der Waals surface area contributed by atoms with E-state index in [1.54, 1.807) is 29.3 Å². The molecule has 1 N–H and O–H groups in total. The molecule has 0 bridgehead atoms. The second-order valence-electron chi connectivity index (χ2n) is 5.56. The summed E-state index contributed by atoms with van der Waals surface area (Å²) < 4.78 is 14.7. The van der Waals surface area contributed by atoms with Crippen LogP contribution in [0.2, 0.25) is 0 Å². The summed E-state index contributed by atoms with van der Waals surface area (Å²) in [6.45, 7) is 0.651. The highest BCUT2D eigenvalue weighted by atomic mass is 19.1. The molecule has 7 heteroatoms. The highest BCUT2D eigenvalue weighted by molar-refractivity contribution is 5.87. The fraction of sp³-hybridized carbons (Fsp3) is 0.118. The first-order chi connectivity index (χ1) is 11.7. The molecule has 0 saturated heterocycles. The van der Waals surface area contributed by atoms with E-state index in [-0.39, 0.29) is 5.82 Å². The van der Waals surface area contributed by atoms with Crippen molar-refractivity contribution >= 4 is 16.9 Å². The Bertz CT molecular complexity index is 972. The molecular weight excluding hydrogens is 307 g/mol. The SMILES string of the molecule is CN(Cc1cnn(-c2ccc(F)cc2)c1)c1ncnc2[nH]ccc12. The summed E-state index contributed by atoms with van der Waals surface area (Å²) in [6.07, 6.45) is 7.13. The van der Waals surface area contributed by atoms with Gasteiger partial charge >= 0.3 is 0 Å². The fourth-order valence-electron chi connectivity index (χ4n) is 2.69. The molecule has 4 rings (SSSR count). The van der Waals surface area contributed by atoms with Gasteiger partial charge in [-0.05, 0) is 30.3 Å². The maximum Gasteiger partial charge on any atom is 0.142 e. The zero-order valence-electron chi connectivity index (χ0n) is 13.0. The van der Waals surface area contributed by atoms with E-state index in [1.165, 1.54) is 12.1 Å². The summed E-state index contributed by atoms with van der Waals surface area (Å²) in [6, 6.07) is 8.20. The molecule has 0 aliphatic heterocycles. The molecule has 4 aromatic rings. The lowest BCUT2D eigenvalue weighted by atomic mass is 10.3. The number of aromatic nitrogens is 5. The number of fused-ring (bicyclic) bond motifs is 1. The molecule has 0 saturated carbocycles. The van der Waals surface area contributed by atoms with Crippen molar-refractivity contribution in [1.82, 2.24) is 24.7 Å². The summed E-state index contributed by atoms with van der Waals surface area (Å²) >= 11 is 0. The van der Waals surface area contributed by atoms with Crippen molar-refractivity contribution in [1.29, 1.82) is 0 Å². The molecule has 0 unspecified atom stereocenters. The molecule has 0 amide bonds. The summed E-state index contributed by atoms with van der Waals surface area (Å²) in [5, 5.41) is 5.32. The second kappa shape index (κ2) is 5.77. The van der Waals surface area contributed by atoms with Crippen LogP contribution in [-0.2, 0) is 6.54 Å². The zero-order valence-corrected chi connectivity index (χ0v) is 13.0. The van der Waals surface area contributed by atoms with E-state index in [1.807, 2.05) is 30.4 Å². The van der Waals surface area contributed by atoms with Gasteiger partial charge in [0.05, 0.1) is 17.3 Å². The topological polar surface area (TPSA) is 62.6 Å². The van der Waals surface area contributed by atoms with Crippen LogP contribution in [-0.4, -0.2) is 31.8 Å². The minimum absolute atomic E-state index is 0.259. The van der Waals surface area contributed by atoms with Gasteiger partial charge < -0.3 is 9.88 Å².